The second-order valence-corrected chi connectivity index (χ2v) is 7.56. The van der Waals surface area contributed by atoms with Crippen molar-refractivity contribution in [2.45, 2.75) is 11.1 Å². The molecule has 3 nitrogen and oxygen atoms in total. The van der Waals surface area contributed by atoms with Crippen molar-refractivity contribution in [2.24, 2.45) is 4.99 Å². The van der Waals surface area contributed by atoms with E-state index >= 15 is 0 Å². The predicted octanol–water partition coefficient (Wildman–Crippen LogP) is 6.34. The number of rotatable bonds is 4. The number of benzene rings is 1. The van der Waals surface area contributed by atoms with Crippen LogP contribution >= 0.6 is 46.6 Å². The van der Waals surface area contributed by atoms with Gasteiger partial charge in [0.1, 0.15) is 11.0 Å². The summed E-state index contributed by atoms with van der Waals surface area (Å²) in [5.74, 6) is -0.538. The van der Waals surface area contributed by atoms with Crippen LogP contribution in [0.25, 0.3) is 0 Å². The number of amidine groups is 1. The molecule has 1 aromatic heterocycles. The van der Waals surface area contributed by atoms with Gasteiger partial charge >= 0.3 is 6.18 Å². The Balaban J connectivity index is 2.44. The molecule has 0 unspecified atom stereocenters. The summed E-state index contributed by atoms with van der Waals surface area (Å²) in [7, 11) is 3.55. The van der Waals surface area contributed by atoms with Crippen LogP contribution in [0.1, 0.15) is 5.56 Å². The van der Waals surface area contributed by atoms with E-state index in [9.17, 15) is 13.2 Å². The van der Waals surface area contributed by atoms with Crippen molar-refractivity contribution in [3.63, 3.8) is 0 Å². The molecule has 0 saturated heterocycles. The number of alkyl halides is 3. The van der Waals surface area contributed by atoms with Gasteiger partial charge in [0.15, 0.2) is 0 Å². The highest BCUT2D eigenvalue weighted by Gasteiger charge is 2.28. The van der Waals surface area contributed by atoms with Crippen LogP contribution in [0.2, 0.25) is 15.2 Å². The van der Waals surface area contributed by atoms with Gasteiger partial charge in [0, 0.05) is 30.8 Å². The van der Waals surface area contributed by atoms with Crippen LogP contribution in [0.15, 0.2) is 40.4 Å². The highest BCUT2D eigenvalue weighted by Crippen LogP contribution is 2.38. The minimum Gasteiger partial charge on any atom is -0.362 e. The van der Waals surface area contributed by atoms with Gasteiger partial charge in [-0.2, -0.15) is 13.2 Å². The summed E-state index contributed by atoms with van der Waals surface area (Å²) in [6.07, 6.45) is -2.76. The Morgan fingerprint density at radius 2 is 1.85 bits per heavy atom. The fourth-order valence-corrected chi connectivity index (χ4v) is 3.33. The molecule has 0 N–H and O–H groups in total. The van der Waals surface area contributed by atoms with E-state index in [2.05, 4.69) is 9.98 Å². The summed E-state index contributed by atoms with van der Waals surface area (Å²) in [6.45, 7) is 0. The Labute approximate surface area is 168 Å². The Hall–Kier alpha value is -1.15. The zero-order valence-corrected chi connectivity index (χ0v) is 16.7. The van der Waals surface area contributed by atoms with E-state index in [1.165, 1.54) is 12.1 Å². The molecule has 0 atom stereocenters. The van der Waals surface area contributed by atoms with Gasteiger partial charge in [-0.3, -0.25) is 0 Å². The van der Waals surface area contributed by atoms with Crippen molar-refractivity contribution < 1.29 is 13.2 Å². The molecule has 0 radical (unpaired) electrons. The van der Waals surface area contributed by atoms with Gasteiger partial charge in [-0.25, -0.2) is 9.98 Å². The van der Waals surface area contributed by atoms with Crippen LogP contribution in [0, 0.1) is 0 Å². The molecule has 26 heavy (non-hydrogen) atoms. The van der Waals surface area contributed by atoms with Gasteiger partial charge in [0.2, 0.25) is 0 Å². The molecular weight excluding hydrogens is 430 g/mol. The molecule has 10 heteroatoms. The molecule has 0 bridgehead atoms. The van der Waals surface area contributed by atoms with Crippen molar-refractivity contribution in [2.75, 3.05) is 19.8 Å². The van der Waals surface area contributed by atoms with E-state index in [1.54, 1.807) is 37.3 Å². The summed E-state index contributed by atoms with van der Waals surface area (Å²) in [5, 5.41) is 0.706. The molecule has 0 saturated carbocycles. The summed E-state index contributed by atoms with van der Waals surface area (Å²) in [4.78, 5) is 10.5. The Morgan fingerprint density at radius 3 is 2.38 bits per heavy atom. The number of aliphatic imine (C=N–C) groups is 1. The molecule has 2 rings (SSSR count). The molecule has 0 aliphatic rings. The van der Waals surface area contributed by atoms with Gasteiger partial charge in [-0.1, -0.05) is 34.8 Å². The smallest absolute Gasteiger partial charge is 0.362 e. The van der Waals surface area contributed by atoms with Crippen LogP contribution in [0.3, 0.4) is 0 Å². The molecule has 140 valence electrons. The third-order valence-corrected chi connectivity index (χ3v) is 5.10. The maximum atomic E-state index is 12.5. The van der Waals surface area contributed by atoms with Gasteiger partial charge in [0.25, 0.3) is 0 Å². The third-order valence-electron chi connectivity index (χ3n) is 3.03. The number of aromatic nitrogens is 1. The van der Waals surface area contributed by atoms with Crippen molar-refractivity contribution in [3.8, 4) is 0 Å². The van der Waals surface area contributed by atoms with Gasteiger partial charge in [-0.15, -0.1) is 11.8 Å². The topological polar surface area (TPSA) is 28.5 Å². The molecule has 1 aromatic carbocycles. The maximum Gasteiger partial charge on any atom is 0.398 e. The zero-order chi connectivity index (χ0) is 19.5. The van der Waals surface area contributed by atoms with E-state index in [0.29, 0.717) is 34.0 Å². The van der Waals surface area contributed by atoms with Gasteiger partial charge in [-0.05, 0) is 24.3 Å². The average Bonchev–Trinajstić information content (AvgIpc) is 2.53. The first-order valence-electron chi connectivity index (χ1n) is 7.13. The molecular formula is C16H13Cl3F3N3S. The fourth-order valence-electron chi connectivity index (χ4n) is 1.92. The van der Waals surface area contributed by atoms with E-state index in [-0.39, 0.29) is 14.9 Å². The number of pyridine rings is 1. The lowest BCUT2D eigenvalue weighted by molar-refractivity contribution is -0.105. The van der Waals surface area contributed by atoms with E-state index in [0.717, 1.165) is 0 Å². The highest BCUT2D eigenvalue weighted by atomic mass is 35.5. The number of thioether (sulfide) groups is 1. The second-order valence-electron chi connectivity index (χ2n) is 5.34. The molecule has 0 amide bonds. The third kappa shape index (κ3) is 5.94. The van der Waals surface area contributed by atoms with Crippen molar-refractivity contribution in [1.82, 2.24) is 9.88 Å². The Morgan fingerprint density at radius 1 is 1.15 bits per heavy atom. The first-order valence-corrected chi connectivity index (χ1v) is 9.25. The lowest BCUT2D eigenvalue weighted by Gasteiger charge is -2.17. The first-order chi connectivity index (χ1) is 12.1. The van der Waals surface area contributed by atoms with Gasteiger partial charge in [0.05, 0.1) is 21.5 Å². The SMILES string of the molecule is CN(C)/C(=N\c1cc(SCC(F)(F)F)c(Cl)cc1Cl)c1ccc(Cl)nc1. The molecule has 1 heterocycles. The monoisotopic (exact) mass is 441 g/mol. The minimum atomic E-state index is -4.30. The van der Waals surface area contributed by atoms with E-state index in [4.69, 9.17) is 34.8 Å². The van der Waals surface area contributed by atoms with Gasteiger partial charge < -0.3 is 4.90 Å². The van der Waals surface area contributed by atoms with Crippen molar-refractivity contribution in [3.05, 3.63) is 51.2 Å². The molecule has 2 aromatic rings. The van der Waals surface area contributed by atoms with Crippen molar-refractivity contribution >= 4 is 58.1 Å². The van der Waals surface area contributed by atoms with Crippen molar-refractivity contribution in [1.29, 1.82) is 0 Å². The fraction of sp³-hybridized carbons (Fsp3) is 0.250. The summed E-state index contributed by atoms with van der Waals surface area (Å²) in [6, 6.07) is 6.17. The van der Waals surface area contributed by atoms with Crippen LogP contribution < -0.4 is 0 Å². The Bertz CT molecular complexity index is 809. The lowest BCUT2D eigenvalue weighted by Crippen LogP contribution is -2.23. The first kappa shape index (κ1) is 21.2. The van der Waals surface area contributed by atoms with Crippen LogP contribution in [0.5, 0.6) is 0 Å². The minimum absolute atomic E-state index is 0.141. The van der Waals surface area contributed by atoms with Crippen LogP contribution in [-0.2, 0) is 0 Å². The summed E-state index contributed by atoms with van der Waals surface area (Å²) >= 11 is 18.6. The quantitative estimate of drug-likeness (QED) is 0.239. The highest BCUT2D eigenvalue weighted by molar-refractivity contribution is 7.99. The number of halogens is 6. The average molecular weight is 443 g/mol. The van der Waals surface area contributed by atoms with Crippen LogP contribution in [0.4, 0.5) is 18.9 Å². The zero-order valence-electron chi connectivity index (χ0n) is 13.6. The largest absolute Gasteiger partial charge is 0.398 e. The molecule has 0 aliphatic carbocycles. The molecule has 0 fully saturated rings. The van der Waals surface area contributed by atoms with E-state index in [1.807, 2.05) is 0 Å². The summed E-state index contributed by atoms with van der Waals surface area (Å²) < 4.78 is 37.4. The lowest BCUT2D eigenvalue weighted by atomic mass is 10.2. The number of hydrogen-bond acceptors (Lipinski definition) is 3. The molecule has 0 spiro atoms. The second kappa shape index (κ2) is 8.69. The summed E-state index contributed by atoms with van der Waals surface area (Å²) in [5.41, 5.74) is 0.981. The number of hydrogen-bond donors (Lipinski definition) is 0. The Kier molecular flexibility index (Phi) is 7.07. The predicted molar refractivity (Wildman–Crippen MR) is 102 cm³/mol. The standard InChI is InChI=1S/C16H13Cl3F3N3S/c1-25(2)15(9-3-4-14(19)23-7-9)24-12-6-13(11(18)5-10(12)17)26-8-16(20,21)22/h3-7H,8H2,1-2H3/b24-15-. The van der Waals surface area contributed by atoms with E-state index < -0.39 is 11.9 Å². The molecule has 0 aliphatic heterocycles. The maximum absolute atomic E-state index is 12.5. The number of nitrogens with zero attached hydrogens (tertiary/aromatic N) is 3. The normalized spacial score (nSPS) is 12.4. The van der Waals surface area contributed by atoms with Crippen LogP contribution in [-0.4, -0.2) is 41.7 Å².